The molecule has 0 heterocycles. The molecule has 2 aromatic rings. The Labute approximate surface area is 149 Å². The van der Waals surface area contributed by atoms with Crippen LogP contribution in [-0.4, -0.2) is 19.6 Å². The molecule has 1 unspecified atom stereocenters. The summed E-state index contributed by atoms with van der Waals surface area (Å²) in [5.74, 6) is 1.39. The first-order chi connectivity index (χ1) is 12.2. The van der Waals surface area contributed by atoms with Gasteiger partial charge in [-0.05, 0) is 61.9 Å². The average molecular weight is 339 g/mol. The van der Waals surface area contributed by atoms with Gasteiger partial charge in [-0.3, -0.25) is 4.79 Å². The molecule has 1 aliphatic rings. The number of rotatable bonds is 6. The van der Waals surface area contributed by atoms with Crippen LogP contribution in [0, 0.1) is 0 Å². The highest BCUT2D eigenvalue weighted by Crippen LogP contribution is 2.26. The summed E-state index contributed by atoms with van der Waals surface area (Å²) in [6.07, 6.45) is 4.74. The summed E-state index contributed by atoms with van der Waals surface area (Å²) in [4.78, 5) is 12.2. The standard InChI is InChI=1S/C21H25NO3/c1-15(19-9-5-6-10-20(19)24-2)22-21(23)14-25-18-12-11-16-7-3-4-8-17(16)13-18/h5-6,9-13,15H,3-4,7-8,14H2,1-2H3,(H,22,23). The van der Waals surface area contributed by atoms with E-state index in [2.05, 4.69) is 17.4 Å². The van der Waals surface area contributed by atoms with Gasteiger partial charge in [0.1, 0.15) is 11.5 Å². The highest BCUT2D eigenvalue weighted by atomic mass is 16.5. The molecule has 0 saturated carbocycles. The van der Waals surface area contributed by atoms with Gasteiger partial charge in [-0.1, -0.05) is 24.3 Å². The van der Waals surface area contributed by atoms with Gasteiger partial charge in [0, 0.05) is 5.56 Å². The van der Waals surface area contributed by atoms with Crippen LogP contribution >= 0.6 is 0 Å². The maximum absolute atomic E-state index is 12.2. The number of fused-ring (bicyclic) bond motifs is 1. The Bertz CT molecular complexity index is 742. The van der Waals surface area contributed by atoms with E-state index in [-0.39, 0.29) is 18.6 Å². The maximum atomic E-state index is 12.2. The van der Waals surface area contributed by atoms with Crippen molar-refractivity contribution >= 4 is 5.91 Å². The van der Waals surface area contributed by atoms with Crippen molar-refractivity contribution in [2.75, 3.05) is 13.7 Å². The minimum atomic E-state index is -0.143. The highest BCUT2D eigenvalue weighted by molar-refractivity contribution is 5.78. The van der Waals surface area contributed by atoms with Crippen LogP contribution in [0.5, 0.6) is 11.5 Å². The lowest BCUT2D eigenvalue weighted by Gasteiger charge is -2.18. The predicted molar refractivity (Wildman–Crippen MR) is 98.1 cm³/mol. The summed E-state index contributed by atoms with van der Waals surface area (Å²) in [5.41, 5.74) is 3.71. The Morgan fingerprint density at radius 3 is 2.68 bits per heavy atom. The number of aryl methyl sites for hydroxylation is 2. The molecule has 1 atom stereocenters. The number of methoxy groups -OCH3 is 1. The van der Waals surface area contributed by atoms with Crippen molar-refractivity contribution in [1.82, 2.24) is 5.32 Å². The Morgan fingerprint density at radius 1 is 1.12 bits per heavy atom. The molecule has 0 spiro atoms. The third kappa shape index (κ3) is 4.32. The van der Waals surface area contributed by atoms with Crippen molar-refractivity contribution in [1.29, 1.82) is 0 Å². The van der Waals surface area contributed by atoms with Gasteiger partial charge < -0.3 is 14.8 Å². The minimum absolute atomic E-state index is 0.0122. The number of amides is 1. The molecule has 1 amide bonds. The summed E-state index contributed by atoms with van der Waals surface area (Å²) in [6.45, 7) is 1.95. The molecule has 0 fully saturated rings. The molecule has 132 valence electrons. The first kappa shape index (κ1) is 17.3. The van der Waals surface area contributed by atoms with E-state index < -0.39 is 0 Å². The lowest BCUT2D eigenvalue weighted by Crippen LogP contribution is -2.31. The largest absolute Gasteiger partial charge is 0.496 e. The molecule has 25 heavy (non-hydrogen) atoms. The molecule has 0 bridgehead atoms. The van der Waals surface area contributed by atoms with Crippen molar-refractivity contribution in [3.05, 3.63) is 59.2 Å². The molecule has 1 aliphatic carbocycles. The predicted octanol–water partition coefficient (Wildman–Crippen LogP) is 3.83. The molecule has 3 rings (SSSR count). The average Bonchev–Trinajstić information content (AvgIpc) is 2.66. The van der Waals surface area contributed by atoms with E-state index in [4.69, 9.17) is 9.47 Å². The fourth-order valence-corrected chi connectivity index (χ4v) is 3.33. The zero-order valence-electron chi connectivity index (χ0n) is 14.9. The quantitative estimate of drug-likeness (QED) is 0.870. The van der Waals surface area contributed by atoms with Crippen molar-refractivity contribution in [2.45, 2.75) is 38.6 Å². The summed E-state index contributed by atoms with van der Waals surface area (Å²) in [7, 11) is 1.63. The number of para-hydroxylation sites is 1. The van der Waals surface area contributed by atoms with Crippen LogP contribution in [0.4, 0.5) is 0 Å². The van der Waals surface area contributed by atoms with Crippen LogP contribution in [0.25, 0.3) is 0 Å². The topological polar surface area (TPSA) is 47.6 Å². The van der Waals surface area contributed by atoms with Gasteiger partial charge >= 0.3 is 0 Å². The normalized spacial score (nSPS) is 14.3. The third-order valence-corrected chi connectivity index (χ3v) is 4.67. The van der Waals surface area contributed by atoms with Crippen LogP contribution in [0.15, 0.2) is 42.5 Å². The van der Waals surface area contributed by atoms with Crippen LogP contribution in [-0.2, 0) is 17.6 Å². The second kappa shape index (κ2) is 8.06. The fourth-order valence-electron chi connectivity index (χ4n) is 3.33. The lowest BCUT2D eigenvalue weighted by atomic mass is 9.92. The molecule has 0 aliphatic heterocycles. The second-order valence-electron chi connectivity index (χ2n) is 6.46. The molecule has 4 heteroatoms. The lowest BCUT2D eigenvalue weighted by molar-refractivity contribution is -0.123. The summed E-state index contributed by atoms with van der Waals surface area (Å²) in [5, 5.41) is 2.96. The summed E-state index contributed by atoms with van der Waals surface area (Å²) >= 11 is 0. The van der Waals surface area contributed by atoms with Crippen LogP contribution in [0.2, 0.25) is 0 Å². The number of hydrogen-bond donors (Lipinski definition) is 1. The van der Waals surface area contributed by atoms with Crippen LogP contribution in [0.3, 0.4) is 0 Å². The Kier molecular flexibility index (Phi) is 5.59. The van der Waals surface area contributed by atoms with Crippen LogP contribution in [0.1, 0.15) is 42.5 Å². The molecule has 2 aromatic carbocycles. The summed E-state index contributed by atoms with van der Waals surface area (Å²) in [6, 6.07) is 13.7. The maximum Gasteiger partial charge on any atom is 0.258 e. The van der Waals surface area contributed by atoms with Gasteiger partial charge in [0.05, 0.1) is 13.2 Å². The Morgan fingerprint density at radius 2 is 1.88 bits per heavy atom. The molecule has 0 aromatic heterocycles. The molecular formula is C21H25NO3. The number of ether oxygens (including phenoxy) is 2. The van der Waals surface area contributed by atoms with E-state index in [0.717, 1.165) is 29.9 Å². The van der Waals surface area contributed by atoms with Gasteiger partial charge in [0.25, 0.3) is 5.91 Å². The monoisotopic (exact) mass is 339 g/mol. The fraction of sp³-hybridized carbons (Fsp3) is 0.381. The third-order valence-electron chi connectivity index (χ3n) is 4.67. The zero-order chi connectivity index (χ0) is 17.6. The van der Waals surface area contributed by atoms with E-state index >= 15 is 0 Å². The minimum Gasteiger partial charge on any atom is -0.496 e. The first-order valence-electron chi connectivity index (χ1n) is 8.84. The van der Waals surface area contributed by atoms with Crippen molar-refractivity contribution < 1.29 is 14.3 Å². The van der Waals surface area contributed by atoms with E-state index in [1.165, 1.54) is 24.0 Å². The number of benzene rings is 2. The van der Waals surface area contributed by atoms with Gasteiger partial charge in [0.15, 0.2) is 6.61 Å². The van der Waals surface area contributed by atoms with Crippen LogP contribution < -0.4 is 14.8 Å². The van der Waals surface area contributed by atoms with E-state index in [1.54, 1.807) is 7.11 Å². The summed E-state index contributed by atoms with van der Waals surface area (Å²) < 4.78 is 11.0. The molecular weight excluding hydrogens is 314 g/mol. The molecule has 0 saturated heterocycles. The second-order valence-corrected chi connectivity index (χ2v) is 6.46. The Balaban J connectivity index is 1.56. The smallest absolute Gasteiger partial charge is 0.258 e. The number of nitrogens with one attached hydrogen (secondary N) is 1. The van der Waals surface area contributed by atoms with Gasteiger partial charge in [-0.2, -0.15) is 0 Å². The highest BCUT2D eigenvalue weighted by Gasteiger charge is 2.15. The van der Waals surface area contributed by atoms with E-state index in [0.29, 0.717) is 0 Å². The number of carbonyl (C=O) groups is 1. The molecule has 0 radical (unpaired) electrons. The van der Waals surface area contributed by atoms with Crippen molar-refractivity contribution in [3.63, 3.8) is 0 Å². The van der Waals surface area contributed by atoms with E-state index in [9.17, 15) is 4.79 Å². The van der Waals surface area contributed by atoms with Gasteiger partial charge in [-0.15, -0.1) is 0 Å². The number of carbonyl (C=O) groups excluding carboxylic acids is 1. The first-order valence-corrected chi connectivity index (χ1v) is 8.84. The van der Waals surface area contributed by atoms with E-state index in [1.807, 2.05) is 37.3 Å². The van der Waals surface area contributed by atoms with Gasteiger partial charge in [0.2, 0.25) is 0 Å². The SMILES string of the molecule is COc1ccccc1C(C)NC(=O)COc1ccc2c(c1)CCCC2. The molecule has 1 N–H and O–H groups in total. The number of hydrogen-bond acceptors (Lipinski definition) is 3. The van der Waals surface area contributed by atoms with Crippen molar-refractivity contribution in [2.24, 2.45) is 0 Å². The van der Waals surface area contributed by atoms with Gasteiger partial charge in [-0.25, -0.2) is 0 Å². The Hall–Kier alpha value is -2.49. The molecule has 4 nitrogen and oxygen atoms in total. The van der Waals surface area contributed by atoms with Crippen molar-refractivity contribution in [3.8, 4) is 11.5 Å². The zero-order valence-corrected chi connectivity index (χ0v) is 14.9.